The van der Waals surface area contributed by atoms with Crippen LogP contribution in [0, 0.1) is 6.92 Å². The topological polar surface area (TPSA) is 113 Å². The molecule has 0 saturated carbocycles. The molecule has 0 fully saturated rings. The minimum Gasteiger partial charge on any atom is -0.507 e. The molecule has 0 amide bonds. The van der Waals surface area contributed by atoms with Gasteiger partial charge in [0.2, 0.25) is 0 Å². The van der Waals surface area contributed by atoms with Gasteiger partial charge in [0.25, 0.3) is 0 Å². The molecule has 1 heterocycles. The van der Waals surface area contributed by atoms with Crippen LogP contribution in [0.2, 0.25) is 0 Å². The van der Waals surface area contributed by atoms with Crippen molar-refractivity contribution in [1.29, 1.82) is 0 Å². The molecule has 2 aromatic rings. The highest BCUT2D eigenvalue weighted by Gasteiger charge is 2.56. The average molecular weight is 498 g/mol. The Morgan fingerprint density at radius 1 is 1.09 bits per heavy atom. The standard InChI is InChI=1S/C24H20BrNO6/c1-10-20(29)18(12(3)27)22-19(21(10)30)24(4)16(32-22)9-15(28)17(23(24)31)11(2)26-14-7-5-13(25)6-8-14/h5-9,26,29-30H,1-4H3/b17-11+. The lowest BCUT2D eigenvalue weighted by molar-refractivity contribution is -0.123. The molecule has 7 nitrogen and oxygen atoms in total. The van der Waals surface area contributed by atoms with Gasteiger partial charge in [-0.15, -0.1) is 0 Å². The number of carbonyl (C=O) groups excluding carboxylic acids is 3. The summed E-state index contributed by atoms with van der Waals surface area (Å²) in [4.78, 5) is 38.8. The predicted octanol–water partition coefficient (Wildman–Crippen LogP) is 4.44. The number of halogens is 1. The summed E-state index contributed by atoms with van der Waals surface area (Å²) in [5.74, 6) is -2.49. The highest BCUT2D eigenvalue weighted by atomic mass is 79.9. The second kappa shape index (κ2) is 7.34. The molecule has 1 atom stereocenters. The van der Waals surface area contributed by atoms with Crippen molar-refractivity contribution in [1.82, 2.24) is 0 Å². The molecule has 0 bridgehead atoms. The van der Waals surface area contributed by atoms with E-state index in [2.05, 4.69) is 21.2 Å². The normalized spacial score (nSPS) is 20.8. The molecule has 4 rings (SSSR count). The Bertz CT molecular complexity index is 1290. The van der Waals surface area contributed by atoms with Gasteiger partial charge >= 0.3 is 0 Å². The van der Waals surface area contributed by atoms with Gasteiger partial charge in [0.05, 0.1) is 11.1 Å². The Morgan fingerprint density at radius 2 is 1.72 bits per heavy atom. The van der Waals surface area contributed by atoms with E-state index in [1.807, 2.05) is 12.1 Å². The van der Waals surface area contributed by atoms with Crippen LogP contribution in [0.5, 0.6) is 17.2 Å². The van der Waals surface area contributed by atoms with Crippen molar-refractivity contribution in [2.45, 2.75) is 33.1 Å². The summed E-state index contributed by atoms with van der Waals surface area (Å²) in [7, 11) is 0. The van der Waals surface area contributed by atoms with Crippen molar-refractivity contribution >= 4 is 39.0 Å². The van der Waals surface area contributed by atoms with E-state index in [0.717, 1.165) is 4.47 Å². The number of anilines is 1. The van der Waals surface area contributed by atoms with E-state index >= 15 is 0 Å². The molecular formula is C24H20BrNO6. The van der Waals surface area contributed by atoms with E-state index in [4.69, 9.17) is 4.74 Å². The van der Waals surface area contributed by atoms with Crippen molar-refractivity contribution in [3.8, 4) is 17.2 Å². The first kappa shape index (κ1) is 21.8. The van der Waals surface area contributed by atoms with E-state index < -0.39 is 28.5 Å². The van der Waals surface area contributed by atoms with Gasteiger partial charge in [-0.1, -0.05) is 15.9 Å². The van der Waals surface area contributed by atoms with Gasteiger partial charge in [-0.2, -0.15) is 0 Å². The number of carbonyl (C=O) groups is 3. The quantitative estimate of drug-likeness (QED) is 0.326. The maximum Gasteiger partial charge on any atom is 0.194 e. The van der Waals surface area contributed by atoms with Crippen molar-refractivity contribution in [2.75, 3.05) is 5.32 Å². The summed E-state index contributed by atoms with van der Waals surface area (Å²) in [5, 5.41) is 24.3. The van der Waals surface area contributed by atoms with Gasteiger partial charge in [-0.3, -0.25) is 14.4 Å². The van der Waals surface area contributed by atoms with Crippen LogP contribution in [-0.2, 0) is 15.0 Å². The minimum atomic E-state index is -1.53. The minimum absolute atomic E-state index is 0.00508. The van der Waals surface area contributed by atoms with Gasteiger partial charge < -0.3 is 20.3 Å². The fourth-order valence-corrected chi connectivity index (χ4v) is 4.44. The molecule has 0 aromatic heterocycles. The zero-order valence-electron chi connectivity index (χ0n) is 17.8. The number of Topliss-reactive ketones (excluding diaryl/α,β-unsaturated/α-hetero) is 2. The molecule has 164 valence electrons. The average Bonchev–Trinajstić information content (AvgIpc) is 3.01. The summed E-state index contributed by atoms with van der Waals surface area (Å²) in [6.45, 7) is 5.85. The van der Waals surface area contributed by atoms with Crippen LogP contribution in [0.15, 0.2) is 51.8 Å². The maximum atomic E-state index is 13.7. The Labute approximate surface area is 192 Å². The Hall–Kier alpha value is -3.39. The molecule has 0 radical (unpaired) electrons. The fraction of sp³-hybridized carbons (Fsp3) is 0.208. The number of hydrogen-bond donors (Lipinski definition) is 3. The van der Waals surface area contributed by atoms with Crippen LogP contribution >= 0.6 is 15.9 Å². The molecule has 0 saturated heterocycles. The van der Waals surface area contributed by atoms with Crippen LogP contribution < -0.4 is 10.1 Å². The largest absolute Gasteiger partial charge is 0.507 e. The van der Waals surface area contributed by atoms with E-state index in [0.29, 0.717) is 11.4 Å². The third-order valence-electron chi connectivity index (χ3n) is 5.94. The number of benzene rings is 2. The van der Waals surface area contributed by atoms with Crippen molar-refractivity contribution in [3.05, 3.63) is 68.5 Å². The first-order valence-corrected chi connectivity index (χ1v) is 10.6. The van der Waals surface area contributed by atoms with Gasteiger partial charge in [0, 0.05) is 27.5 Å². The summed E-state index contributed by atoms with van der Waals surface area (Å²) in [5.41, 5.74) is -0.602. The lowest BCUT2D eigenvalue weighted by Crippen LogP contribution is -2.40. The molecular weight excluding hydrogens is 478 g/mol. The number of aromatic hydroxyl groups is 2. The van der Waals surface area contributed by atoms with Crippen LogP contribution in [0.1, 0.15) is 42.3 Å². The smallest absolute Gasteiger partial charge is 0.194 e. The highest BCUT2D eigenvalue weighted by molar-refractivity contribution is 9.10. The van der Waals surface area contributed by atoms with Gasteiger partial charge in [0.15, 0.2) is 17.3 Å². The van der Waals surface area contributed by atoms with Crippen LogP contribution in [0.25, 0.3) is 0 Å². The summed E-state index contributed by atoms with van der Waals surface area (Å²) >= 11 is 3.36. The van der Waals surface area contributed by atoms with Crippen LogP contribution in [-0.4, -0.2) is 27.6 Å². The fourth-order valence-electron chi connectivity index (χ4n) is 4.17. The summed E-state index contributed by atoms with van der Waals surface area (Å²) in [6, 6.07) is 7.23. The number of allylic oxidation sites excluding steroid dienone is 4. The first-order valence-electron chi connectivity index (χ1n) is 9.81. The molecule has 1 unspecified atom stereocenters. The number of nitrogens with one attached hydrogen (secondary N) is 1. The van der Waals surface area contributed by atoms with Gasteiger partial charge in [-0.25, -0.2) is 0 Å². The molecule has 1 aliphatic carbocycles. The molecule has 32 heavy (non-hydrogen) atoms. The number of phenols is 2. The Morgan fingerprint density at radius 3 is 2.31 bits per heavy atom. The monoisotopic (exact) mass is 497 g/mol. The van der Waals surface area contributed by atoms with Gasteiger partial charge in [0.1, 0.15) is 34.0 Å². The maximum absolute atomic E-state index is 13.7. The van der Waals surface area contributed by atoms with Crippen molar-refractivity contribution in [2.24, 2.45) is 0 Å². The lowest BCUT2D eigenvalue weighted by atomic mass is 9.70. The van der Waals surface area contributed by atoms with E-state index in [1.165, 1.54) is 26.8 Å². The number of ketones is 3. The summed E-state index contributed by atoms with van der Waals surface area (Å²) < 4.78 is 6.64. The predicted molar refractivity (Wildman–Crippen MR) is 121 cm³/mol. The zero-order valence-corrected chi connectivity index (χ0v) is 19.4. The Kier molecular flexibility index (Phi) is 5.01. The SMILES string of the molecule is CC(=O)c1c(O)c(C)c(O)c2c1OC1=CC(=O)/C(=C(/C)Nc3ccc(Br)cc3)C(=O)C12C. The molecule has 3 N–H and O–H groups in total. The molecule has 0 spiro atoms. The number of ether oxygens (including phenoxy) is 1. The number of rotatable bonds is 3. The van der Waals surface area contributed by atoms with E-state index in [9.17, 15) is 24.6 Å². The van der Waals surface area contributed by atoms with Crippen molar-refractivity contribution in [3.63, 3.8) is 0 Å². The molecule has 1 aliphatic heterocycles. The van der Waals surface area contributed by atoms with Gasteiger partial charge in [-0.05, 0) is 52.0 Å². The third kappa shape index (κ3) is 2.97. The van der Waals surface area contributed by atoms with Crippen LogP contribution in [0.3, 0.4) is 0 Å². The lowest BCUT2D eigenvalue weighted by Gasteiger charge is -2.29. The third-order valence-corrected chi connectivity index (χ3v) is 6.46. The first-order chi connectivity index (χ1) is 15.0. The van der Waals surface area contributed by atoms with Crippen LogP contribution in [0.4, 0.5) is 5.69 Å². The second-order valence-corrected chi connectivity index (χ2v) is 8.93. The summed E-state index contributed by atoms with van der Waals surface area (Å²) in [6.07, 6.45) is 1.19. The van der Waals surface area contributed by atoms with E-state index in [-0.39, 0.29) is 39.5 Å². The van der Waals surface area contributed by atoms with E-state index in [1.54, 1.807) is 19.1 Å². The number of fused-ring (bicyclic) bond motifs is 3. The van der Waals surface area contributed by atoms with Crippen molar-refractivity contribution < 1.29 is 29.3 Å². The molecule has 2 aliphatic rings. The number of phenolic OH excluding ortho intramolecular Hbond substituents is 2. The Balaban J connectivity index is 1.91. The molecule has 2 aromatic carbocycles. The number of hydrogen-bond acceptors (Lipinski definition) is 7. The second-order valence-electron chi connectivity index (χ2n) is 8.02. The zero-order chi connectivity index (χ0) is 23.5. The highest BCUT2D eigenvalue weighted by Crippen LogP contribution is 2.57. The molecule has 8 heteroatoms.